The average Bonchev–Trinajstić information content (AvgIpc) is 3.55. The number of thiophene rings is 1. The van der Waals surface area contributed by atoms with Crippen LogP contribution in [-0.4, -0.2) is 70.8 Å². The average molecular weight is 550 g/mol. The number of aliphatic hydroxyl groups excluding tert-OH is 1. The number of carbonyl (C=O) groups excluding carboxylic acids is 1. The van der Waals surface area contributed by atoms with Crippen molar-refractivity contribution in [1.82, 2.24) is 20.2 Å². The first-order chi connectivity index (χ1) is 19.0. The summed E-state index contributed by atoms with van der Waals surface area (Å²) >= 11 is 1.53. The zero-order chi connectivity index (χ0) is 27.2. The Morgan fingerprint density at radius 2 is 1.95 bits per heavy atom. The maximum absolute atomic E-state index is 12.7. The standard InChI is InChI=1S/C29H35N5O4S/c1-19-12-16-39-27(19)28(36)34-14-10-22(11-15-34)31-21-7-5-20(6-8-21)9-13-30-17-23(35)18-38-25-4-2-3-24-26(25)33-29(37)32-24/h2-8,12,16,22-23,30-31,35H,9-11,13-15,17-18H2,1H3,(H2,32,33,37)/t23-/m1/s1. The van der Waals surface area contributed by atoms with Crippen molar-refractivity contribution in [3.63, 3.8) is 0 Å². The van der Waals surface area contributed by atoms with Gasteiger partial charge in [0.25, 0.3) is 5.91 Å². The summed E-state index contributed by atoms with van der Waals surface area (Å²) in [4.78, 5) is 32.5. The number of piperidine rings is 1. The van der Waals surface area contributed by atoms with Gasteiger partial charge in [-0.05, 0) is 79.6 Å². The lowest BCUT2D eigenvalue weighted by molar-refractivity contribution is 0.0722. The molecule has 0 unspecified atom stereocenters. The number of rotatable bonds is 11. The molecule has 1 amide bonds. The van der Waals surface area contributed by atoms with Crippen molar-refractivity contribution in [2.24, 2.45) is 0 Å². The summed E-state index contributed by atoms with van der Waals surface area (Å²) in [7, 11) is 0. The second kappa shape index (κ2) is 12.5. The predicted molar refractivity (Wildman–Crippen MR) is 155 cm³/mol. The molecule has 1 atom stereocenters. The Bertz CT molecular complexity index is 1440. The van der Waals surface area contributed by atoms with Gasteiger partial charge in [-0.25, -0.2) is 4.79 Å². The molecule has 10 heteroatoms. The number of nitrogens with zero attached hydrogens (tertiary/aromatic N) is 1. The number of benzene rings is 2. The number of para-hydroxylation sites is 1. The number of hydrogen-bond donors (Lipinski definition) is 5. The number of aromatic amines is 2. The number of likely N-dealkylation sites (tertiary alicyclic amines) is 1. The molecule has 0 saturated carbocycles. The van der Waals surface area contributed by atoms with Gasteiger partial charge in [0, 0.05) is 31.4 Å². The van der Waals surface area contributed by atoms with Crippen molar-refractivity contribution in [1.29, 1.82) is 0 Å². The van der Waals surface area contributed by atoms with Gasteiger partial charge in [0.1, 0.15) is 24.0 Å². The summed E-state index contributed by atoms with van der Waals surface area (Å²) < 4.78 is 5.72. The summed E-state index contributed by atoms with van der Waals surface area (Å²) in [6.45, 7) is 4.81. The lowest BCUT2D eigenvalue weighted by Crippen LogP contribution is -2.42. The molecule has 0 radical (unpaired) electrons. The summed E-state index contributed by atoms with van der Waals surface area (Å²) in [5.41, 5.74) is 4.36. The maximum atomic E-state index is 12.7. The molecule has 1 saturated heterocycles. The molecule has 5 N–H and O–H groups in total. The van der Waals surface area contributed by atoms with Gasteiger partial charge in [-0.3, -0.25) is 4.79 Å². The molecule has 3 heterocycles. The lowest BCUT2D eigenvalue weighted by Gasteiger charge is -2.33. The van der Waals surface area contributed by atoms with Gasteiger partial charge in [-0.2, -0.15) is 0 Å². The third-order valence-electron chi connectivity index (χ3n) is 7.08. The smallest absolute Gasteiger partial charge is 0.323 e. The topological polar surface area (TPSA) is 122 Å². The number of imidazole rings is 1. The van der Waals surface area contributed by atoms with E-state index in [0.29, 0.717) is 29.4 Å². The molecule has 4 aromatic rings. The zero-order valence-corrected chi connectivity index (χ0v) is 22.9. The largest absolute Gasteiger partial charge is 0.489 e. The molecule has 2 aromatic heterocycles. The highest BCUT2D eigenvalue weighted by Crippen LogP contribution is 2.23. The van der Waals surface area contributed by atoms with E-state index >= 15 is 0 Å². The molecule has 1 aliphatic rings. The molecular formula is C29H35N5O4S. The van der Waals surface area contributed by atoms with Gasteiger partial charge in [-0.15, -0.1) is 11.3 Å². The van der Waals surface area contributed by atoms with Crippen LogP contribution in [0.2, 0.25) is 0 Å². The minimum Gasteiger partial charge on any atom is -0.489 e. The van der Waals surface area contributed by atoms with E-state index < -0.39 is 6.10 Å². The minimum atomic E-state index is -0.673. The van der Waals surface area contributed by atoms with E-state index in [-0.39, 0.29) is 18.2 Å². The fraction of sp³-hybridized carbons (Fsp3) is 0.379. The van der Waals surface area contributed by atoms with Gasteiger partial charge in [-0.1, -0.05) is 18.2 Å². The molecule has 0 spiro atoms. The van der Waals surface area contributed by atoms with Crippen molar-refractivity contribution in [2.75, 3.05) is 38.1 Å². The van der Waals surface area contributed by atoms with Crippen LogP contribution < -0.4 is 21.1 Å². The number of amides is 1. The van der Waals surface area contributed by atoms with Crippen molar-refractivity contribution >= 4 is 34.0 Å². The second-order valence-corrected chi connectivity index (χ2v) is 10.9. The molecule has 0 aliphatic carbocycles. The highest BCUT2D eigenvalue weighted by molar-refractivity contribution is 7.12. The van der Waals surface area contributed by atoms with Crippen LogP contribution in [0.3, 0.4) is 0 Å². The van der Waals surface area contributed by atoms with Crippen LogP contribution in [0.1, 0.15) is 33.6 Å². The van der Waals surface area contributed by atoms with Crippen molar-refractivity contribution in [2.45, 2.75) is 38.3 Å². The molecule has 0 bridgehead atoms. The number of H-pyrrole nitrogens is 2. The third-order valence-corrected chi connectivity index (χ3v) is 8.08. The van der Waals surface area contributed by atoms with Crippen LogP contribution >= 0.6 is 11.3 Å². The van der Waals surface area contributed by atoms with Crippen molar-refractivity contribution < 1.29 is 14.6 Å². The molecule has 9 nitrogen and oxygen atoms in total. The van der Waals surface area contributed by atoms with E-state index in [1.54, 1.807) is 18.2 Å². The van der Waals surface area contributed by atoms with Crippen molar-refractivity contribution in [3.05, 3.63) is 80.4 Å². The number of aryl methyl sites for hydroxylation is 1. The van der Waals surface area contributed by atoms with E-state index in [0.717, 1.165) is 55.0 Å². The van der Waals surface area contributed by atoms with Crippen LogP contribution in [0, 0.1) is 6.92 Å². The number of aliphatic hydroxyl groups is 1. The molecule has 5 rings (SSSR count). The van der Waals surface area contributed by atoms with Crippen LogP contribution in [0.4, 0.5) is 5.69 Å². The molecular weight excluding hydrogens is 514 g/mol. The molecule has 1 aliphatic heterocycles. The number of nitrogens with one attached hydrogen (secondary N) is 4. The van der Waals surface area contributed by atoms with E-state index in [1.807, 2.05) is 23.3 Å². The predicted octanol–water partition coefficient (Wildman–Crippen LogP) is 3.51. The quantitative estimate of drug-likeness (QED) is 0.183. The Labute approximate surface area is 231 Å². The minimum absolute atomic E-state index is 0.125. The lowest BCUT2D eigenvalue weighted by atomic mass is 10.0. The molecule has 39 heavy (non-hydrogen) atoms. The Balaban J connectivity index is 0.988. The van der Waals surface area contributed by atoms with Gasteiger partial charge < -0.3 is 35.3 Å². The summed E-state index contributed by atoms with van der Waals surface area (Å²) in [6.07, 6.45) is 2.05. The van der Waals surface area contributed by atoms with E-state index in [9.17, 15) is 14.7 Å². The number of ether oxygens (including phenoxy) is 1. The highest BCUT2D eigenvalue weighted by Gasteiger charge is 2.25. The Morgan fingerprint density at radius 1 is 1.15 bits per heavy atom. The van der Waals surface area contributed by atoms with Gasteiger partial charge in [0.2, 0.25) is 0 Å². The Kier molecular flexibility index (Phi) is 8.65. The van der Waals surface area contributed by atoms with Gasteiger partial charge in [0.05, 0.1) is 10.4 Å². The summed E-state index contributed by atoms with van der Waals surface area (Å²) in [5, 5.41) is 19.2. The number of aromatic nitrogens is 2. The normalized spacial score (nSPS) is 15.0. The van der Waals surface area contributed by atoms with E-state index in [1.165, 1.54) is 16.9 Å². The van der Waals surface area contributed by atoms with Crippen LogP contribution in [0.5, 0.6) is 5.75 Å². The molecule has 206 valence electrons. The zero-order valence-electron chi connectivity index (χ0n) is 22.0. The summed E-state index contributed by atoms with van der Waals surface area (Å²) in [5.74, 6) is 0.692. The number of carbonyl (C=O) groups is 1. The first kappa shape index (κ1) is 27.0. The Morgan fingerprint density at radius 3 is 2.69 bits per heavy atom. The molecule has 1 fully saturated rings. The second-order valence-electron chi connectivity index (χ2n) is 10.0. The molecule has 2 aromatic carbocycles. The van der Waals surface area contributed by atoms with E-state index in [2.05, 4.69) is 44.9 Å². The monoisotopic (exact) mass is 549 g/mol. The SMILES string of the molecule is Cc1ccsc1C(=O)N1CCC(Nc2ccc(CCNC[C@@H](O)COc3cccc4[nH]c(=O)[nH]c34)cc2)CC1. The van der Waals surface area contributed by atoms with Gasteiger partial charge >= 0.3 is 5.69 Å². The number of hydrogen-bond acceptors (Lipinski definition) is 7. The number of anilines is 1. The van der Waals surface area contributed by atoms with Crippen LogP contribution in [-0.2, 0) is 6.42 Å². The number of fused-ring (bicyclic) bond motifs is 1. The highest BCUT2D eigenvalue weighted by atomic mass is 32.1. The maximum Gasteiger partial charge on any atom is 0.323 e. The van der Waals surface area contributed by atoms with Crippen LogP contribution in [0.15, 0.2) is 58.7 Å². The summed E-state index contributed by atoms with van der Waals surface area (Å²) in [6, 6.07) is 16.2. The van der Waals surface area contributed by atoms with E-state index in [4.69, 9.17) is 4.74 Å². The van der Waals surface area contributed by atoms with Crippen molar-refractivity contribution in [3.8, 4) is 5.75 Å². The first-order valence-electron chi connectivity index (χ1n) is 13.4. The van der Waals surface area contributed by atoms with Crippen LogP contribution in [0.25, 0.3) is 11.0 Å². The van der Waals surface area contributed by atoms with Gasteiger partial charge in [0.15, 0.2) is 0 Å². The Hall–Kier alpha value is -3.60. The first-order valence-corrected chi connectivity index (χ1v) is 14.3. The fourth-order valence-electron chi connectivity index (χ4n) is 4.86. The fourth-order valence-corrected chi connectivity index (χ4v) is 5.76. The third kappa shape index (κ3) is 6.89.